The van der Waals surface area contributed by atoms with Gasteiger partial charge in [-0.05, 0) is 70.6 Å². The van der Waals surface area contributed by atoms with E-state index in [1.54, 1.807) is 4.90 Å². The van der Waals surface area contributed by atoms with Crippen LogP contribution in [-0.2, 0) is 16.0 Å². The number of carbonyl (C=O) groups excluding carboxylic acids is 2. The molecule has 196 valence electrons. The molecule has 3 heterocycles. The van der Waals surface area contributed by atoms with Crippen molar-refractivity contribution in [2.75, 3.05) is 26.3 Å². The molecule has 2 amide bonds. The molecule has 0 aliphatic carbocycles. The molecule has 9 nitrogen and oxygen atoms in total. The molecule has 1 aromatic carbocycles. The van der Waals surface area contributed by atoms with Crippen LogP contribution in [0, 0.1) is 0 Å². The van der Waals surface area contributed by atoms with Crippen LogP contribution in [-0.4, -0.2) is 69.4 Å². The molecule has 1 aliphatic rings. The van der Waals surface area contributed by atoms with Crippen molar-refractivity contribution in [2.45, 2.75) is 71.1 Å². The molecule has 3 aromatic rings. The summed E-state index contributed by atoms with van der Waals surface area (Å²) in [6, 6.07) is 5.97. The van der Waals surface area contributed by atoms with Gasteiger partial charge in [-0.15, -0.1) is 0 Å². The summed E-state index contributed by atoms with van der Waals surface area (Å²) in [5.74, 6) is -0.132. The van der Waals surface area contributed by atoms with Crippen LogP contribution >= 0.6 is 11.3 Å². The number of rotatable bonds is 10. The van der Waals surface area contributed by atoms with Crippen LogP contribution in [0.4, 0.5) is 4.79 Å². The smallest absolute Gasteiger partial charge is 0.410 e. The molecule has 10 heteroatoms. The lowest BCUT2D eigenvalue weighted by atomic mass is 10.1. The highest BCUT2D eigenvalue weighted by molar-refractivity contribution is 7.18. The van der Waals surface area contributed by atoms with Crippen LogP contribution < -0.4 is 5.32 Å². The number of fused-ring (bicyclic) bond motifs is 3. The van der Waals surface area contributed by atoms with E-state index in [-0.39, 0.29) is 24.7 Å². The average Bonchev–Trinajstić information content (AvgIpc) is 3.54. The van der Waals surface area contributed by atoms with Gasteiger partial charge in [-0.2, -0.15) is 0 Å². The van der Waals surface area contributed by atoms with Gasteiger partial charge in [0.25, 0.3) is 5.91 Å². The van der Waals surface area contributed by atoms with E-state index in [4.69, 9.17) is 19.6 Å². The van der Waals surface area contributed by atoms with E-state index in [0.717, 1.165) is 53.8 Å². The van der Waals surface area contributed by atoms with Crippen LogP contribution in [0.3, 0.4) is 0 Å². The highest BCUT2D eigenvalue weighted by Crippen LogP contribution is 2.26. The Kier molecular flexibility index (Phi) is 8.48. The number of nitrogens with one attached hydrogen (secondary N) is 1. The lowest BCUT2D eigenvalue weighted by Crippen LogP contribution is -2.38. The van der Waals surface area contributed by atoms with Gasteiger partial charge >= 0.3 is 6.09 Å². The average molecular weight is 517 g/mol. The minimum Gasteiger partial charge on any atom is -0.444 e. The summed E-state index contributed by atoms with van der Waals surface area (Å²) < 4.78 is 13.3. The first-order valence-electron chi connectivity index (χ1n) is 12.6. The third-order valence-corrected chi connectivity index (χ3v) is 7.01. The Hall–Kier alpha value is -2.69. The maximum absolute atomic E-state index is 12.9. The molecule has 0 radical (unpaired) electrons. The zero-order chi connectivity index (χ0) is 25.7. The van der Waals surface area contributed by atoms with Crippen molar-refractivity contribution in [1.82, 2.24) is 19.6 Å². The number of hydrogen-bond acceptors (Lipinski definition) is 7. The Bertz CT molecular complexity index is 1190. The van der Waals surface area contributed by atoms with Gasteiger partial charge in [0.2, 0.25) is 0 Å². The summed E-state index contributed by atoms with van der Waals surface area (Å²) in [5.41, 5.74) is 2.12. The second-order valence-electron chi connectivity index (χ2n) is 10.2. The first-order chi connectivity index (χ1) is 17.2. The summed E-state index contributed by atoms with van der Waals surface area (Å²) in [6.07, 6.45) is 5.96. The number of amides is 2. The molecule has 1 fully saturated rings. The Morgan fingerprint density at radius 2 is 2.17 bits per heavy atom. The zero-order valence-corrected chi connectivity index (χ0v) is 22.1. The van der Waals surface area contributed by atoms with Gasteiger partial charge in [0.15, 0.2) is 4.96 Å². The maximum atomic E-state index is 12.9. The molecule has 0 bridgehead atoms. The van der Waals surface area contributed by atoms with Gasteiger partial charge in [0, 0.05) is 39.0 Å². The van der Waals surface area contributed by atoms with E-state index in [1.807, 2.05) is 49.6 Å². The van der Waals surface area contributed by atoms with E-state index in [0.29, 0.717) is 30.9 Å². The van der Waals surface area contributed by atoms with Crippen LogP contribution in [0.2, 0.25) is 0 Å². The maximum Gasteiger partial charge on any atom is 0.410 e. The van der Waals surface area contributed by atoms with E-state index >= 15 is 0 Å². The van der Waals surface area contributed by atoms with Gasteiger partial charge in [0.1, 0.15) is 10.5 Å². The standard InChI is InChI=1S/C26H36N4O5S/c1-26(2,3)35-25(33)29(12-10-19-7-6-14-34-19)16-18-8-9-21-20(15-18)28-24-30(21)17-22(36-24)23(32)27-11-4-5-13-31/h8-9,15,17,19,31H,4-7,10-14,16H2,1-3H3,(H,27,32). The van der Waals surface area contributed by atoms with Crippen LogP contribution in [0.1, 0.15) is 68.1 Å². The first kappa shape index (κ1) is 26.4. The molecular weight excluding hydrogens is 480 g/mol. The molecule has 1 aliphatic heterocycles. The second kappa shape index (κ2) is 11.6. The number of benzene rings is 1. The van der Waals surface area contributed by atoms with E-state index in [1.165, 1.54) is 11.3 Å². The summed E-state index contributed by atoms with van der Waals surface area (Å²) in [7, 11) is 0. The van der Waals surface area contributed by atoms with Gasteiger partial charge in [-0.1, -0.05) is 17.4 Å². The quantitative estimate of drug-likeness (QED) is 0.388. The van der Waals surface area contributed by atoms with Crippen molar-refractivity contribution < 1.29 is 24.2 Å². The SMILES string of the molecule is CC(C)(C)OC(=O)N(CCC1CCCO1)Cc1ccc2c(c1)nc1sc(C(=O)NCCCCO)cn12. The van der Waals surface area contributed by atoms with E-state index < -0.39 is 5.60 Å². The van der Waals surface area contributed by atoms with Crippen molar-refractivity contribution in [2.24, 2.45) is 0 Å². The number of unbranched alkanes of at least 4 members (excludes halogenated alkanes) is 1. The number of aliphatic hydroxyl groups excluding tert-OH is 1. The molecule has 0 saturated carbocycles. The number of aromatic nitrogens is 2. The Labute approximate surface area is 215 Å². The summed E-state index contributed by atoms with van der Waals surface area (Å²) in [4.78, 5) is 33.2. The number of nitrogens with zero attached hydrogens (tertiary/aromatic N) is 3. The molecule has 1 saturated heterocycles. The lowest BCUT2D eigenvalue weighted by molar-refractivity contribution is 0.0190. The van der Waals surface area contributed by atoms with Gasteiger partial charge in [-0.3, -0.25) is 9.20 Å². The number of thiazole rings is 1. The largest absolute Gasteiger partial charge is 0.444 e. The van der Waals surface area contributed by atoms with Gasteiger partial charge in [0.05, 0.1) is 17.1 Å². The fourth-order valence-corrected chi connectivity index (χ4v) is 5.16. The Morgan fingerprint density at radius 1 is 1.33 bits per heavy atom. The molecule has 4 rings (SSSR count). The zero-order valence-electron chi connectivity index (χ0n) is 21.3. The third kappa shape index (κ3) is 6.74. The van der Waals surface area contributed by atoms with Crippen LogP contribution in [0.5, 0.6) is 0 Å². The highest BCUT2D eigenvalue weighted by Gasteiger charge is 2.25. The fraction of sp³-hybridized carbons (Fsp3) is 0.577. The molecule has 2 aromatic heterocycles. The lowest BCUT2D eigenvalue weighted by Gasteiger charge is -2.28. The van der Waals surface area contributed by atoms with Crippen molar-refractivity contribution in [3.63, 3.8) is 0 Å². The van der Waals surface area contributed by atoms with Crippen molar-refractivity contribution in [1.29, 1.82) is 0 Å². The van der Waals surface area contributed by atoms with Gasteiger partial charge < -0.3 is 24.8 Å². The first-order valence-corrected chi connectivity index (χ1v) is 13.4. The number of aliphatic hydroxyl groups is 1. The Morgan fingerprint density at radius 3 is 2.89 bits per heavy atom. The molecule has 1 atom stereocenters. The number of hydrogen-bond donors (Lipinski definition) is 2. The number of imidazole rings is 1. The molecule has 0 spiro atoms. The van der Waals surface area contributed by atoms with E-state index in [9.17, 15) is 9.59 Å². The molecule has 2 N–H and O–H groups in total. The second-order valence-corrected chi connectivity index (χ2v) is 11.2. The predicted molar refractivity (Wildman–Crippen MR) is 139 cm³/mol. The topological polar surface area (TPSA) is 105 Å². The summed E-state index contributed by atoms with van der Waals surface area (Å²) in [5, 5.41) is 11.8. The monoisotopic (exact) mass is 516 g/mol. The third-order valence-electron chi connectivity index (χ3n) is 6.03. The van der Waals surface area contributed by atoms with Crippen molar-refractivity contribution >= 4 is 39.3 Å². The molecular formula is C26H36N4O5S. The minimum absolute atomic E-state index is 0.126. The highest BCUT2D eigenvalue weighted by atomic mass is 32.1. The van der Waals surface area contributed by atoms with Crippen LogP contribution in [0.15, 0.2) is 24.4 Å². The molecule has 1 unspecified atom stereocenters. The number of ether oxygens (including phenoxy) is 2. The van der Waals surface area contributed by atoms with Crippen molar-refractivity contribution in [3.05, 3.63) is 34.8 Å². The molecule has 36 heavy (non-hydrogen) atoms. The predicted octanol–water partition coefficient (Wildman–Crippen LogP) is 4.36. The summed E-state index contributed by atoms with van der Waals surface area (Å²) in [6.45, 7) is 8.05. The van der Waals surface area contributed by atoms with E-state index in [2.05, 4.69) is 5.32 Å². The Balaban J connectivity index is 1.47. The normalized spacial score (nSPS) is 16.1. The minimum atomic E-state index is -0.569. The van der Waals surface area contributed by atoms with Crippen molar-refractivity contribution in [3.8, 4) is 0 Å². The van der Waals surface area contributed by atoms with Crippen LogP contribution in [0.25, 0.3) is 16.0 Å². The van der Waals surface area contributed by atoms with Gasteiger partial charge in [-0.25, -0.2) is 9.78 Å². The summed E-state index contributed by atoms with van der Waals surface area (Å²) >= 11 is 1.34. The fourth-order valence-electron chi connectivity index (χ4n) is 4.24. The number of carbonyl (C=O) groups is 2.